The van der Waals surface area contributed by atoms with E-state index in [1.54, 1.807) is 32.7 Å². The predicted octanol–water partition coefficient (Wildman–Crippen LogP) is 2.47. The zero-order chi connectivity index (χ0) is 16.5. The van der Waals surface area contributed by atoms with Gasteiger partial charge in [-0.05, 0) is 41.8 Å². The number of nitrogens with one attached hydrogen (secondary N) is 1. The van der Waals surface area contributed by atoms with Crippen LogP contribution in [-0.2, 0) is 11.2 Å². The van der Waals surface area contributed by atoms with Crippen LogP contribution in [0, 0.1) is 0 Å². The minimum atomic E-state index is -0.135. The Bertz CT molecular complexity index is 647. The fraction of sp³-hybridized carbons (Fsp3) is 0.222. The van der Waals surface area contributed by atoms with Crippen molar-refractivity contribution in [2.45, 2.75) is 6.42 Å². The summed E-state index contributed by atoms with van der Waals surface area (Å²) in [6.45, 7) is 0.534. The second-order valence-corrected chi connectivity index (χ2v) is 4.88. The number of carbonyl (C=O) groups excluding carboxylic acids is 1. The molecule has 0 aliphatic carbocycles. The fourth-order valence-corrected chi connectivity index (χ4v) is 2.05. The average Bonchev–Trinajstić information content (AvgIpc) is 2.60. The van der Waals surface area contributed by atoms with Crippen molar-refractivity contribution in [3.8, 4) is 11.5 Å². The van der Waals surface area contributed by atoms with E-state index in [0.29, 0.717) is 13.0 Å². The topological polar surface area (TPSA) is 60.5 Å². The van der Waals surface area contributed by atoms with E-state index in [2.05, 4.69) is 10.3 Å². The Labute approximate surface area is 136 Å². The number of benzene rings is 1. The molecule has 2 aromatic rings. The molecule has 0 saturated heterocycles. The third-order valence-electron chi connectivity index (χ3n) is 3.24. The van der Waals surface area contributed by atoms with Gasteiger partial charge in [0, 0.05) is 31.1 Å². The Morgan fingerprint density at radius 3 is 2.57 bits per heavy atom. The van der Waals surface area contributed by atoms with Gasteiger partial charge >= 0.3 is 0 Å². The summed E-state index contributed by atoms with van der Waals surface area (Å²) in [4.78, 5) is 15.8. The van der Waals surface area contributed by atoms with Crippen LogP contribution in [0.4, 0.5) is 0 Å². The van der Waals surface area contributed by atoms with E-state index in [0.717, 1.165) is 22.6 Å². The zero-order valence-electron chi connectivity index (χ0n) is 13.3. The summed E-state index contributed by atoms with van der Waals surface area (Å²) in [5, 5.41) is 2.85. The van der Waals surface area contributed by atoms with Crippen LogP contribution >= 0.6 is 0 Å². The minimum absolute atomic E-state index is 0.135. The van der Waals surface area contributed by atoms with Crippen LogP contribution in [0.25, 0.3) is 6.08 Å². The van der Waals surface area contributed by atoms with Crippen LogP contribution in [-0.4, -0.2) is 31.7 Å². The van der Waals surface area contributed by atoms with Crippen molar-refractivity contribution >= 4 is 12.0 Å². The van der Waals surface area contributed by atoms with Gasteiger partial charge < -0.3 is 14.8 Å². The summed E-state index contributed by atoms with van der Waals surface area (Å²) in [5.41, 5.74) is 1.93. The molecule has 1 aromatic carbocycles. The summed E-state index contributed by atoms with van der Waals surface area (Å²) < 4.78 is 10.5. The number of pyridine rings is 1. The molecule has 1 N–H and O–H groups in total. The molecule has 5 heteroatoms. The van der Waals surface area contributed by atoms with Crippen LogP contribution in [0.15, 0.2) is 48.8 Å². The molecule has 0 spiro atoms. The Morgan fingerprint density at radius 1 is 1.22 bits per heavy atom. The first-order chi connectivity index (χ1) is 11.2. The number of rotatable bonds is 7. The van der Waals surface area contributed by atoms with Gasteiger partial charge in [-0.3, -0.25) is 9.78 Å². The van der Waals surface area contributed by atoms with E-state index in [9.17, 15) is 4.79 Å². The van der Waals surface area contributed by atoms with Crippen molar-refractivity contribution in [1.29, 1.82) is 0 Å². The van der Waals surface area contributed by atoms with Crippen molar-refractivity contribution < 1.29 is 14.3 Å². The Kier molecular flexibility index (Phi) is 6.17. The summed E-state index contributed by atoms with van der Waals surface area (Å²) in [6, 6.07) is 9.39. The molecule has 0 unspecified atom stereocenters. The highest BCUT2D eigenvalue weighted by molar-refractivity contribution is 5.91. The van der Waals surface area contributed by atoms with Gasteiger partial charge in [0.1, 0.15) is 11.5 Å². The first kappa shape index (κ1) is 16.5. The SMILES string of the molecule is COc1cc(CCNC(=O)C=Cc2cccnc2)cc(OC)c1. The van der Waals surface area contributed by atoms with Crippen LogP contribution < -0.4 is 14.8 Å². The van der Waals surface area contributed by atoms with E-state index < -0.39 is 0 Å². The third-order valence-corrected chi connectivity index (χ3v) is 3.24. The van der Waals surface area contributed by atoms with Gasteiger partial charge in [0.15, 0.2) is 0 Å². The maximum absolute atomic E-state index is 11.8. The van der Waals surface area contributed by atoms with Gasteiger partial charge in [-0.2, -0.15) is 0 Å². The zero-order valence-corrected chi connectivity index (χ0v) is 13.3. The number of nitrogens with zero attached hydrogens (tertiary/aromatic N) is 1. The van der Waals surface area contributed by atoms with Gasteiger partial charge in [0.25, 0.3) is 0 Å². The number of methoxy groups -OCH3 is 2. The van der Waals surface area contributed by atoms with Crippen molar-refractivity contribution in [3.05, 3.63) is 59.9 Å². The standard InChI is InChI=1S/C18H20N2O3/c1-22-16-10-15(11-17(12-16)23-2)7-9-20-18(21)6-5-14-4-3-8-19-13-14/h3-6,8,10-13H,7,9H2,1-2H3,(H,20,21). The fourth-order valence-electron chi connectivity index (χ4n) is 2.05. The number of amides is 1. The quantitative estimate of drug-likeness (QED) is 0.798. The van der Waals surface area contributed by atoms with Gasteiger partial charge in [0.2, 0.25) is 5.91 Å². The maximum atomic E-state index is 11.8. The smallest absolute Gasteiger partial charge is 0.244 e. The Morgan fingerprint density at radius 2 is 1.96 bits per heavy atom. The van der Waals surface area contributed by atoms with Crippen LogP contribution in [0.2, 0.25) is 0 Å². The summed E-state index contributed by atoms with van der Waals surface area (Å²) >= 11 is 0. The lowest BCUT2D eigenvalue weighted by Gasteiger charge is -2.08. The van der Waals surface area contributed by atoms with Crippen LogP contribution in [0.5, 0.6) is 11.5 Å². The highest BCUT2D eigenvalue weighted by Gasteiger charge is 2.02. The second kappa shape index (κ2) is 8.58. The summed E-state index contributed by atoms with van der Waals surface area (Å²) in [5.74, 6) is 1.34. The monoisotopic (exact) mass is 312 g/mol. The molecule has 120 valence electrons. The molecule has 0 atom stereocenters. The van der Waals surface area contributed by atoms with Crippen molar-refractivity contribution in [3.63, 3.8) is 0 Å². The minimum Gasteiger partial charge on any atom is -0.497 e. The molecule has 0 bridgehead atoms. The number of carbonyl (C=O) groups is 1. The third kappa shape index (κ3) is 5.47. The first-order valence-electron chi connectivity index (χ1n) is 7.29. The predicted molar refractivity (Wildman–Crippen MR) is 89.5 cm³/mol. The van der Waals surface area contributed by atoms with Gasteiger partial charge in [-0.25, -0.2) is 0 Å². The largest absolute Gasteiger partial charge is 0.497 e. The molecule has 0 fully saturated rings. The molecular weight excluding hydrogens is 292 g/mol. The molecule has 1 heterocycles. The van der Waals surface area contributed by atoms with Crippen molar-refractivity contribution in [2.24, 2.45) is 0 Å². The van der Waals surface area contributed by atoms with E-state index >= 15 is 0 Å². The number of hydrogen-bond acceptors (Lipinski definition) is 4. The lowest BCUT2D eigenvalue weighted by atomic mass is 10.1. The molecule has 2 rings (SSSR count). The maximum Gasteiger partial charge on any atom is 0.244 e. The first-order valence-corrected chi connectivity index (χ1v) is 7.29. The average molecular weight is 312 g/mol. The van der Waals surface area contributed by atoms with Gasteiger partial charge in [-0.1, -0.05) is 6.07 Å². The van der Waals surface area contributed by atoms with Crippen molar-refractivity contribution in [1.82, 2.24) is 10.3 Å². The Hall–Kier alpha value is -2.82. The van der Waals surface area contributed by atoms with Gasteiger partial charge in [0.05, 0.1) is 14.2 Å². The van der Waals surface area contributed by atoms with Gasteiger partial charge in [-0.15, -0.1) is 0 Å². The van der Waals surface area contributed by atoms with Crippen LogP contribution in [0.3, 0.4) is 0 Å². The molecule has 0 radical (unpaired) electrons. The second-order valence-electron chi connectivity index (χ2n) is 4.88. The highest BCUT2D eigenvalue weighted by atomic mass is 16.5. The lowest BCUT2D eigenvalue weighted by molar-refractivity contribution is -0.116. The van der Waals surface area contributed by atoms with E-state index in [1.807, 2.05) is 30.3 Å². The molecular formula is C18H20N2O3. The molecule has 0 aliphatic rings. The molecule has 1 aromatic heterocycles. The Balaban J connectivity index is 1.85. The van der Waals surface area contributed by atoms with E-state index in [-0.39, 0.29) is 5.91 Å². The lowest BCUT2D eigenvalue weighted by Crippen LogP contribution is -2.23. The molecule has 5 nitrogen and oxygen atoms in total. The normalized spacial score (nSPS) is 10.5. The molecule has 0 aliphatic heterocycles. The van der Waals surface area contributed by atoms with E-state index in [1.165, 1.54) is 6.08 Å². The molecule has 1 amide bonds. The molecule has 23 heavy (non-hydrogen) atoms. The summed E-state index contributed by atoms with van der Waals surface area (Å²) in [6.07, 6.45) is 7.33. The number of aromatic nitrogens is 1. The summed E-state index contributed by atoms with van der Waals surface area (Å²) in [7, 11) is 3.23. The highest BCUT2D eigenvalue weighted by Crippen LogP contribution is 2.22. The number of hydrogen-bond donors (Lipinski definition) is 1. The number of ether oxygens (including phenoxy) is 2. The molecule has 0 saturated carbocycles. The van der Waals surface area contributed by atoms with Crippen molar-refractivity contribution in [2.75, 3.05) is 20.8 Å². The van der Waals surface area contributed by atoms with E-state index in [4.69, 9.17) is 9.47 Å². The van der Waals surface area contributed by atoms with Crippen LogP contribution in [0.1, 0.15) is 11.1 Å².